The van der Waals surface area contributed by atoms with Gasteiger partial charge < -0.3 is 10.2 Å². The Morgan fingerprint density at radius 2 is 1.72 bits per heavy atom. The van der Waals surface area contributed by atoms with Gasteiger partial charge in [-0.3, -0.25) is 9.59 Å². The van der Waals surface area contributed by atoms with Crippen LogP contribution in [-0.4, -0.2) is 30.3 Å². The van der Waals surface area contributed by atoms with Gasteiger partial charge >= 0.3 is 0 Å². The molecule has 3 aromatic rings. The van der Waals surface area contributed by atoms with E-state index in [0.29, 0.717) is 20.6 Å². The van der Waals surface area contributed by atoms with Crippen LogP contribution in [0, 0.1) is 0 Å². The molecule has 0 saturated heterocycles. The minimum absolute atomic E-state index is 0.0977. The summed E-state index contributed by atoms with van der Waals surface area (Å²) in [5, 5.41) is 3.39. The van der Waals surface area contributed by atoms with Crippen molar-refractivity contribution in [3.63, 3.8) is 0 Å². The van der Waals surface area contributed by atoms with Gasteiger partial charge in [-0.25, -0.2) is 0 Å². The maximum atomic E-state index is 12.9. The molecule has 0 unspecified atom stereocenters. The maximum Gasteiger partial charge on any atom is 0.264 e. The Morgan fingerprint density at radius 1 is 1.03 bits per heavy atom. The summed E-state index contributed by atoms with van der Waals surface area (Å²) in [4.78, 5) is 28.5. The highest BCUT2D eigenvalue weighted by Crippen LogP contribution is 2.39. The van der Waals surface area contributed by atoms with Crippen molar-refractivity contribution in [2.75, 3.05) is 18.9 Å². The molecule has 1 N–H and O–H groups in total. The van der Waals surface area contributed by atoms with Crippen LogP contribution in [-0.2, 0) is 17.6 Å². The Hall–Kier alpha value is -2.34. The third kappa shape index (κ3) is 4.04. The van der Waals surface area contributed by atoms with Crippen LogP contribution in [0.5, 0.6) is 0 Å². The van der Waals surface area contributed by atoms with Gasteiger partial charge in [-0.15, -0.1) is 11.3 Å². The van der Waals surface area contributed by atoms with Crippen molar-refractivity contribution in [1.29, 1.82) is 0 Å². The molecule has 0 aliphatic heterocycles. The van der Waals surface area contributed by atoms with Gasteiger partial charge in [0.1, 0.15) is 0 Å². The lowest BCUT2D eigenvalue weighted by molar-refractivity contribution is -0.116. The van der Waals surface area contributed by atoms with E-state index < -0.39 is 0 Å². The molecule has 0 atom stereocenters. The summed E-state index contributed by atoms with van der Waals surface area (Å²) < 4.78 is 0. The van der Waals surface area contributed by atoms with Crippen molar-refractivity contribution >= 4 is 52.0 Å². The second-order valence-electron chi connectivity index (χ2n) is 6.93. The van der Waals surface area contributed by atoms with Crippen LogP contribution in [0.15, 0.2) is 48.5 Å². The van der Waals surface area contributed by atoms with Crippen LogP contribution < -0.4 is 5.32 Å². The van der Waals surface area contributed by atoms with Gasteiger partial charge in [-0.05, 0) is 47.7 Å². The average Bonchev–Trinajstić information content (AvgIpc) is 3.15. The monoisotopic (exact) mass is 444 g/mol. The lowest BCUT2D eigenvalue weighted by Crippen LogP contribution is -2.34. The minimum Gasteiger partial charge on any atom is -0.332 e. The number of hydrogen-bond acceptors (Lipinski definition) is 3. The number of carbonyl (C=O) groups excluding carboxylic acids is 2. The normalized spacial score (nSPS) is 12.1. The van der Waals surface area contributed by atoms with Gasteiger partial charge in [0.25, 0.3) is 5.91 Å². The maximum absolute atomic E-state index is 12.9. The van der Waals surface area contributed by atoms with E-state index in [1.54, 1.807) is 25.2 Å². The van der Waals surface area contributed by atoms with Crippen LogP contribution in [0.1, 0.15) is 20.8 Å². The fourth-order valence-electron chi connectivity index (χ4n) is 3.45. The van der Waals surface area contributed by atoms with Crippen molar-refractivity contribution in [3.05, 3.63) is 74.6 Å². The number of aryl methyl sites for hydroxylation is 2. The van der Waals surface area contributed by atoms with E-state index in [1.807, 2.05) is 18.2 Å². The molecular weight excluding hydrogens is 427 g/mol. The smallest absolute Gasteiger partial charge is 0.264 e. The third-order valence-electron chi connectivity index (χ3n) is 4.90. The summed E-state index contributed by atoms with van der Waals surface area (Å²) in [6, 6.07) is 15.2. The Labute approximate surface area is 183 Å². The molecule has 0 saturated carbocycles. The van der Waals surface area contributed by atoms with Gasteiger partial charge in [0.2, 0.25) is 5.91 Å². The van der Waals surface area contributed by atoms with Crippen LogP contribution in [0.4, 0.5) is 5.69 Å². The van der Waals surface area contributed by atoms with Gasteiger partial charge in [0.05, 0.1) is 27.2 Å². The van der Waals surface area contributed by atoms with E-state index in [9.17, 15) is 9.59 Å². The highest BCUT2D eigenvalue weighted by atomic mass is 35.5. The molecule has 1 heterocycles. The van der Waals surface area contributed by atoms with Crippen LogP contribution >= 0.6 is 34.5 Å². The van der Waals surface area contributed by atoms with Gasteiger partial charge in [-0.2, -0.15) is 0 Å². The molecular formula is C22H18Cl2N2O2S. The largest absolute Gasteiger partial charge is 0.332 e. The topological polar surface area (TPSA) is 49.4 Å². The van der Waals surface area contributed by atoms with E-state index in [-0.39, 0.29) is 18.4 Å². The number of carbonyl (C=O) groups is 2. The van der Waals surface area contributed by atoms with Gasteiger partial charge in [0, 0.05) is 11.9 Å². The van der Waals surface area contributed by atoms with Crippen molar-refractivity contribution in [2.45, 2.75) is 12.8 Å². The van der Waals surface area contributed by atoms with Crippen molar-refractivity contribution in [3.8, 4) is 10.4 Å². The predicted octanol–water partition coefficient (Wildman–Crippen LogP) is 5.53. The molecule has 2 aromatic carbocycles. The first-order valence-electron chi connectivity index (χ1n) is 9.14. The number of anilines is 1. The van der Waals surface area contributed by atoms with Crippen molar-refractivity contribution in [1.82, 2.24) is 4.90 Å². The standard InChI is InChI=1S/C22H18Cl2N2O2S/c1-26(12-19(27)25-20-16(23)7-4-8-17(20)24)22(28)18-11-14-10-9-13-5-2-3-6-15(13)21(14)29-18/h2-8,11H,9-10,12H2,1H3,(H,25,27). The second kappa shape index (κ2) is 8.19. The van der Waals surface area contributed by atoms with Crippen LogP contribution in [0.25, 0.3) is 10.4 Å². The van der Waals surface area contributed by atoms with Gasteiger partial charge in [-0.1, -0.05) is 53.5 Å². The third-order valence-corrected chi connectivity index (χ3v) is 6.73. The van der Waals surface area contributed by atoms with E-state index in [1.165, 1.54) is 32.9 Å². The molecule has 0 bridgehead atoms. The number of benzene rings is 2. The summed E-state index contributed by atoms with van der Waals surface area (Å²) >= 11 is 13.7. The molecule has 1 aromatic heterocycles. The molecule has 29 heavy (non-hydrogen) atoms. The number of fused-ring (bicyclic) bond motifs is 3. The number of halogens is 2. The SMILES string of the molecule is CN(CC(=O)Nc1c(Cl)cccc1Cl)C(=O)c1cc2c(s1)-c1ccccc1CC2. The van der Waals surface area contributed by atoms with Crippen molar-refractivity contribution in [2.24, 2.45) is 0 Å². The molecule has 0 spiro atoms. The molecule has 0 fully saturated rings. The van der Waals surface area contributed by atoms with Crippen LogP contribution in [0.2, 0.25) is 10.0 Å². The quantitative estimate of drug-likeness (QED) is 0.574. The van der Waals surface area contributed by atoms with E-state index in [4.69, 9.17) is 23.2 Å². The summed E-state index contributed by atoms with van der Waals surface area (Å²) in [7, 11) is 1.61. The second-order valence-corrected chi connectivity index (χ2v) is 8.79. The number of nitrogens with zero attached hydrogens (tertiary/aromatic N) is 1. The Kier molecular flexibility index (Phi) is 5.63. The number of likely N-dealkylation sites (N-methyl/N-ethyl adjacent to an activating group) is 1. The Morgan fingerprint density at radius 3 is 2.48 bits per heavy atom. The first-order valence-corrected chi connectivity index (χ1v) is 10.7. The Balaban J connectivity index is 1.48. The zero-order chi connectivity index (χ0) is 20.5. The first kappa shape index (κ1) is 20.0. The average molecular weight is 445 g/mol. The zero-order valence-corrected chi connectivity index (χ0v) is 18.0. The molecule has 1 aliphatic rings. The summed E-state index contributed by atoms with van der Waals surface area (Å²) in [5.74, 6) is -0.537. The lowest BCUT2D eigenvalue weighted by atomic mass is 9.91. The summed E-state index contributed by atoms with van der Waals surface area (Å²) in [6.07, 6.45) is 1.90. The predicted molar refractivity (Wildman–Crippen MR) is 119 cm³/mol. The fraction of sp³-hybridized carbons (Fsp3) is 0.182. The zero-order valence-electron chi connectivity index (χ0n) is 15.7. The summed E-state index contributed by atoms with van der Waals surface area (Å²) in [5.41, 5.74) is 4.05. The van der Waals surface area contributed by atoms with Gasteiger partial charge in [0.15, 0.2) is 0 Å². The number of amides is 2. The molecule has 4 rings (SSSR count). The van der Waals surface area contributed by atoms with E-state index >= 15 is 0 Å². The van der Waals surface area contributed by atoms with E-state index in [2.05, 4.69) is 17.4 Å². The van der Waals surface area contributed by atoms with E-state index in [0.717, 1.165) is 17.7 Å². The number of hydrogen-bond donors (Lipinski definition) is 1. The molecule has 4 nitrogen and oxygen atoms in total. The number of para-hydroxylation sites is 1. The highest BCUT2D eigenvalue weighted by molar-refractivity contribution is 7.17. The number of rotatable bonds is 4. The van der Waals surface area contributed by atoms with Crippen LogP contribution in [0.3, 0.4) is 0 Å². The number of thiophene rings is 1. The summed E-state index contributed by atoms with van der Waals surface area (Å²) in [6.45, 7) is -0.0977. The number of nitrogens with one attached hydrogen (secondary N) is 1. The molecule has 148 valence electrons. The Bertz CT molecular complexity index is 1090. The molecule has 2 amide bonds. The highest BCUT2D eigenvalue weighted by Gasteiger charge is 2.24. The minimum atomic E-state index is -0.359. The lowest BCUT2D eigenvalue weighted by Gasteiger charge is -2.16. The molecule has 0 radical (unpaired) electrons. The molecule has 7 heteroatoms. The fourth-order valence-corrected chi connectivity index (χ4v) is 5.21. The van der Waals surface area contributed by atoms with Crippen molar-refractivity contribution < 1.29 is 9.59 Å². The first-order chi connectivity index (χ1) is 13.9. The molecule has 1 aliphatic carbocycles.